The first-order valence-corrected chi connectivity index (χ1v) is 8.71. The first-order chi connectivity index (χ1) is 9.86. The van der Waals surface area contributed by atoms with Crippen molar-refractivity contribution in [3.05, 3.63) is 51.7 Å². The Morgan fingerprint density at radius 3 is 3.00 bits per heavy atom. The van der Waals surface area contributed by atoms with E-state index in [0.717, 1.165) is 24.9 Å². The molecule has 1 atom stereocenters. The van der Waals surface area contributed by atoms with Crippen LogP contribution in [0.5, 0.6) is 0 Å². The number of aromatic nitrogens is 1. The van der Waals surface area contributed by atoms with Gasteiger partial charge in [0.1, 0.15) is 0 Å². The van der Waals surface area contributed by atoms with Crippen molar-refractivity contribution in [1.82, 2.24) is 10.3 Å². The molecule has 1 N–H and O–H groups in total. The lowest BCUT2D eigenvalue weighted by molar-refractivity contribution is 0.516. The van der Waals surface area contributed by atoms with Gasteiger partial charge in [0.15, 0.2) is 0 Å². The average molecular weight is 302 g/mol. The fourth-order valence-electron chi connectivity index (χ4n) is 2.43. The van der Waals surface area contributed by atoms with Crippen molar-refractivity contribution < 1.29 is 0 Å². The largest absolute Gasteiger partial charge is 0.310 e. The molecule has 4 heteroatoms. The van der Waals surface area contributed by atoms with Gasteiger partial charge in [-0.15, -0.1) is 22.7 Å². The van der Waals surface area contributed by atoms with Crippen LogP contribution < -0.4 is 5.32 Å². The average Bonchev–Trinajstić information content (AvgIpc) is 3.13. The van der Waals surface area contributed by atoms with E-state index in [1.165, 1.54) is 15.1 Å². The van der Waals surface area contributed by atoms with Gasteiger partial charge in [-0.25, -0.2) is 0 Å². The molecule has 0 saturated heterocycles. The molecule has 0 aliphatic heterocycles. The number of thiophene rings is 2. The van der Waals surface area contributed by atoms with Crippen molar-refractivity contribution in [2.45, 2.75) is 25.8 Å². The topological polar surface area (TPSA) is 24.9 Å². The van der Waals surface area contributed by atoms with Crippen LogP contribution in [0.2, 0.25) is 0 Å². The summed E-state index contributed by atoms with van der Waals surface area (Å²) < 4.78 is 1.28. The highest BCUT2D eigenvalue weighted by Gasteiger charge is 2.12. The molecule has 3 heterocycles. The Hall–Kier alpha value is -1.23. The molecule has 0 saturated carbocycles. The lowest BCUT2D eigenvalue weighted by Crippen LogP contribution is -2.21. The summed E-state index contributed by atoms with van der Waals surface area (Å²) in [6.45, 7) is 3.15. The molecular formula is C16H18N2S2. The highest BCUT2D eigenvalue weighted by atomic mass is 32.1. The summed E-state index contributed by atoms with van der Waals surface area (Å²) in [7, 11) is 0. The number of nitrogens with one attached hydrogen (secondary N) is 1. The first kappa shape index (κ1) is 13.7. The van der Waals surface area contributed by atoms with E-state index in [1.807, 2.05) is 17.5 Å². The smallest absolute Gasteiger partial charge is 0.0809 e. The summed E-state index contributed by atoms with van der Waals surface area (Å²) in [5, 5.41) is 7.84. The van der Waals surface area contributed by atoms with Gasteiger partial charge in [0.05, 0.1) is 10.2 Å². The standard InChI is InChI=1S/C16H18N2S2/c1-2-17-14(6-5-13-4-3-8-19-13)12-10-16-15(18-11-12)7-9-20-16/h3-4,7-11,14,17H,2,5-6H2,1H3. The molecule has 2 nitrogen and oxygen atoms in total. The fraction of sp³-hybridized carbons (Fsp3) is 0.312. The highest BCUT2D eigenvalue weighted by molar-refractivity contribution is 7.17. The summed E-state index contributed by atoms with van der Waals surface area (Å²) >= 11 is 3.61. The second-order valence-electron chi connectivity index (χ2n) is 4.80. The summed E-state index contributed by atoms with van der Waals surface area (Å²) in [5.74, 6) is 0. The molecule has 0 bridgehead atoms. The Balaban J connectivity index is 1.77. The third-order valence-electron chi connectivity index (χ3n) is 3.44. The molecule has 20 heavy (non-hydrogen) atoms. The van der Waals surface area contributed by atoms with Crippen molar-refractivity contribution in [3.63, 3.8) is 0 Å². The van der Waals surface area contributed by atoms with Crippen LogP contribution in [0, 0.1) is 0 Å². The first-order valence-electron chi connectivity index (χ1n) is 6.95. The van der Waals surface area contributed by atoms with E-state index in [2.05, 4.69) is 52.3 Å². The molecule has 0 spiro atoms. The maximum atomic E-state index is 4.56. The Bertz CT molecular complexity index is 658. The molecule has 0 amide bonds. The third-order valence-corrected chi connectivity index (χ3v) is 5.23. The normalized spacial score (nSPS) is 12.8. The van der Waals surface area contributed by atoms with Crippen molar-refractivity contribution in [3.8, 4) is 0 Å². The quantitative estimate of drug-likeness (QED) is 0.717. The summed E-state index contributed by atoms with van der Waals surface area (Å²) in [5.41, 5.74) is 2.41. The van der Waals surface area contributed by atoms with Gasteiger partial charge in [-0.2, -0.15) is 0 Å². The van der Waals surface area contributed by atoms with E-state index in [4.69, 9.17) is 0 Å². The minimum atomic E-state index is 0.390. The van der Waals surface area contributed by atoms with Gasteiger partial charge in [0.2, 0.25) is 0 Å². The lowest BCUT2D eigenvalue weighted by atomic mass is 10.0. The molecule has 0 aliphatic carbocycles. The zero-order valence-corrected chi connectivity index (χ0v) is 13.1. The van der Waals surface area contributed by atoms with E-state index in [-0.39, 0.29) is 0 Å². The Kier molecular flexibility index (Phi) is 4.45. The number of aryl methyl sites for hydroxylation is 1. The molecule has 3 rings (SSSR count). The predicted octanol–water partition coefficient (Wildman–Crippen LogP) is 4.64. The second kappa shape index (κ2) is 6.48. The third kappa shape index (κ3) is 3.08. The van der Waals surface area contributed by atoms with Crippen molar-refractivity contribution in [2.24, 2.45) is 0 Å². The van der Waals surface area contributed by atoms with E-state index >= 15 is 0 Å². The summed E-state index contributed by atoms with van der Waals surface area (Å²) in [6, 6.07) is 9.10. The van der Waals surface area contributed by atoms with Crippen molar-refractivity contribution >= 4 is 32.9 Å². The van der Waals surface area contributed by atoms with Crippen LogP contribution in [0.4, 0.5) is 0 Å². The van der Waals surface area contributed by atoms with Crippen LogP contribution in [-0.2, 0) is 6.42 Å². The lowest BCUT2D eigenvalue weighted by Gasteiger charge is -2.17. The summed E-state index contributed by atoms with van der Waals surface area (Å²) in [4.78, 5) is 6.02. The number of pyridine rings is 1. The molecule has 3 aromatic heterocycles. The molecule has 0 radical (unpaired) electrons. The van der Waals surface area contributed by atoms with Gasteiger partial charge in [-0.05, 0) is 53.9 Å². The molecule has 0 fully saturated rings. The van der Waals surface area contributed by atoms with Crippen LogP contribution in [-0.4, -0.2) is 11.5 Å². The van der Waals surface area contributed by atoms with Crippen LogP contribution in [0.1, 0.15) is 29.8 Å². The Labute approximate surface area is 127 Å². The van der Waals surface area contributed by atoms with E-state index in [1.54, 1.807) is 11.3 Å². The molecular weight excluding hydrogens is 284 g/mol. The minimum absolute atomic E-state index is 0.390. The molecule has 0 aromatic carbocycles. The van der Waals surface area contributed by atoms with E-state index in [9.17, 15) is 0 Å². The zero-order valence-electron chi connectivity index (χ0n) is 11.5. The number of rotatable bonds is 6. The SMILES string of the molecule is CCNC(CCc1cccs1)c1cnc2ccsc2c1. The second-order valence-corrected chi connectivity index (χ2v) is 6.78. The number of hydrogen-bond acceptors (Lipinski definition) is 4. The highest BCUT2D eigenvalue weighted by Crippen LogP contribution is 2.25. The zero-order chi connectivity index (χ0) is 13.8. The van der Waals surface area contributed by atoms with Gasteiger partial charge in [-0.3, -0.25) is 4.98 Å². The van der Waals surface area contributed by atoms with Crippen LogP contribution in [0.15, 0.2) is 41.2 Å². The maximum absolute atomic E-state index is 4.56. The summed E-state index contributed by atoms with van der Waals surface area (Å²) in [6.07, 6.45) is 4.27. The Morgan fingerprint density at radius 2 is 2.20 bits per heavy atom. The Morgan fingerprint density at radius 1 is 1.25 bits per heavy atom. The molecule has 3 aromatic rings. The van der Waals surface area contributed by atoms with Gasteiger partial charge >= 0.3 is 0 Å². The van der Waals surface area contributed by atoms with E-state index in [0.29, 0.717) is 6.04 Å². The minimum Gasteiger partial charge on any atom is -0.310 e. The van der Waals surface area contributed by atoms with Crippen molar-refractivity contribution in [1.29, 1.82) is 0 Å². The van der Waals surface area contributed by atoms with Gasteiger partial charge in [-0.1, -0.05) is 13.0 Å². The number of fused-ring (bicyclic) bond motifs is 1. The fourth-order valence-corrected chi connectivity index (χ4v) is 3.94. The maximum Gasteiger partial charge on any atom is 0.0809 e. The monoisotopic (exact) mass is 302 g/mol. The van der Waals surface area contributed by atoms with Crippen molar-refractivity contribution in [2.75, 3.05) is 6.54 Å². The van der Waals surface area contributed by atoms with Crippen LogP contribution in [0.25, 0.3) is 10.2 Å². The van der Waals surface area contributed by atoms with Gasteiger partial charge in [0, 0.05) is 17.1 Å². The van der Waals surface area contributed by atoms with E-state index < -0.39 is 0 Å². The van der Waals surface area contributed by atoms with Crippen LogP contribution >= 0.6 is 22.7 Å². The van der Waals surface area contributed by atoms with Crippen LogP contribution in [0.3, 0.4) is 0 Å². The number of nitrogens with zero attached hydrogens (tertiary/aromatic N) is 1. The number of hydrogen-bond donors (Lipinski definition) is 1. The van der Waals surface area contributed by atoms with Gasteiger partial charge < -0.3 is 5.32 Å². The molecule has 1 unspecified atom stereocenters. The van der Waals surface area contributed by atoms with Gasteiger partial charge in [0.25, 0.3) is 0 Å². The molecule has 0 aliphatic rings. The predicted molar refractivity (Wildman–Crippen MR) is 88.7 cm³/mol. The molecule has 104 valence electrons.